The number of rotatable bonds is 2. The van der Waals surface area contributed by atoms with Crippen LogP contribution in [0.15, 0.2) is 5.38 Å². The average molecular weight is 251 g/mol. The molecule has 1 heterocycles. The van der Waals surface area contributed by atoms with Crippen molar-refractivity contribution in [3.05, 3.63) is 11.1 Å². The van der Waals surface area contributed by atoms with Gasteiger partial charge in [-0.05, 0) is 38.0 Å². The van der Waals surface area contributed by atoms with Crippen LogP contribution in [-0.4, -0.2) is 16.9 Å². The summed E-state index contributed by atoms with van der Waals surface area (Å²) in [4.78, 5) is 16.5. The van der Waals surface area contributed by atoms with E-state index in [2.05, 4.69) is 10.3 Å². The van der Waals surface area contributed by atoms with E-state index in [0.29, 0.717) is 17.0 Å². The van der Waals surface area contributed by atoms with Crippen LogP contribution in [0.3, 0.4) is 0 Å². The van der Waals surface area contributed by atoms with Crippen LogP contribution < -0.4 is 11.1 Å². The van der Waals surface area contributed by atoms with Gasteiger partial charge in [-0.3, -0.25) is 4.79 Å². The van der Waals surface area contributed by atoms with Gasteiger partial charge < -0.3 is 11.1 Å². The maximum absolute atomic E-state index is 12.2. The van der Waals surface area contributed by atoms with Crippen LogP contribution in [0.25, 0.3) is 0 Å². The average Bonchev–Trinajstić information content (AvgIpc) is 2.94. The van der Waals surface area contributed by atoms with E-state index < -0.39 is 0 Å². The van der Waals surface area contributed by atoms with Crippen molar-refractivity contribution >= 4 is 22.4 Å². The van der Waals surface area contributed by atoms with E-state index in [1.165, 1.54) is 17.8 Å². The van der Waals surface area contributed by atoms with Gasteiger partial charge in [0.25, 0.3) is 0 Å². The Morgan fingerprint density at radius 1 is 1.53 bits per heavy atom. The summed E-state index contributed by atoms with van der Waals surface area (Å²) < 4.78 is 0. The molecule has 4 nitrogen and oxygen atoms in total. The second-order valence-electron chi connectivity index (χ2n) is 5.22. The molecule has 2 bridgehead atoms. The molecule has 5 heteroatoms. The summed E-state index contributed by atoms with van der Waals surface area (Å²) in [6.07, 6.45) is 3.50. The normalized spacial score (nSPS) is 35.2. The zero-order valence-electron chi connectivity index (χ0n) is 9.85. The minimum Gasteiger partial charge on any atom is -0.327 e. The number of carbonyl (C=O) groups excluding carboxylic acids is 1. The second-order valence-corrected chi connectivity index (χ2v) is 6.08. The molecule has 2 saturated carbocycles. The molecule has 0 aromatic carbocycles. The van der Waals surface area contributed by atoms with Gasteiger partial charge in [0.1, 0.15) is 0 Å². The molecule has 1 aromatic rings. The summed E-state index contributed by atoms with van der Waals surface area (Å²) in [6.45, 7) is 1.93. The van der Waals surface area contributed by atoms with Crippen LogP contribution in [0.2, 0.25) is 0 Å². The first-order valence-corrected chi connectivity index (χ1v) is 7.01. The lowest BCUT2D eigenvalue weighted by Crippen LogP contribution is -2.42. The molecule has 0 spiro atoms. The van der Waals surface area contributed by atoms with E-state index >= 15 is 0 Å². The first-order chi connectivity index (χ1) is 8.15. The van der Waals surface area contributed by atoms with Crippen molar-refractivity contribution in [3.63, 3.8) is 0 Å². The monoisotopic (exact) mass is 251 g/mol. The highest BCUT2D eigenvalue weighted by Gasteiger charge is 2.49. The third kappa shape index (κ3) is 1.87. The topological polar surface area (TPSA) is 68.0 Å². The molecule has 4 atom stereocenters. The summed E-state index contributed by atoms with van der Waals surface area (Å²) in [6, 6.07) is 0.0507. The van der Waals surface area contributed by atoms with Gasteiger partial charge in [-0.25, -0.2) is 4.98 Å². The molecule has 1 amide bonds. The van der Waals surface area contributed by atoms with Crippen LogP contribution in [0.1, 0.15) is 25.0 Å². The molecule has 2 aliphatic carbocycles. The van der Waals surface area contributed by atoms with Gasteiger partial charge in [0.05, 0.1) is 11.6 Å². The van der Waals surface area contributed by atoms with E-state index in [1.807, 2.05) is 12.3 Å². The maximum Gasteiger partial charge on any atom is 0.231 e. The number of carbonyl (C=O) groups is 1. The Labute approximate surface area is 105 Å². The smallest absolute Gasteiger partial charge is 0.231 e. The molecule has 0 aliphatic heterocycles. The number of thiazole rings is 1. The maximum atomic E-state index is 12.2. The number of aryl methyl sites for hydroxylation is 1. The number of nitrogens with zero attached hydrogens (tertiary/aromatic N) is 1. The Balaban J connectivity index is 1.70. The fraction of sp³-hybridized carbons (Fsp3) is 0.667. The van der Waals surface area contributed by atoms with Gasteiger partial charge >= 0.3 is 0 Å². The van der Waals surface area contributed by atoms with Crippen LogP contribution in [-0.2, 0) is 4.79 Å². The molecule has 3 N–H and O–H groups in total. The third-order valence-corrected chi connectivity index (χ3v) is 5.01. The van der Waals surface area contributed by atoms with Crippen molar-refractivity contribution in [1.82, 2.24) is 4.98 Å². The molecule has 4 unspecified atom stereocenters. The molecular weight excluding hydrogens is 234 g/mol. The minimum atomic E-state index is -0.00189. The first kappa shape index (κ1) is 11.2. The Hall–Kier alpha value is -0.940. The Bertz CT molecular complexity index is 443. The molecule has 17 heavy (non-hydrogen) atoms. The van der Waals surface area contributed by atoms with Crippen LogP contribution in [0.5, 0.6) is 0 Å². The zero-order valence-corrected chi connectivity index (χ0v) is 10.7. The number of hydrogen-bond donors (Lipinski definition) is 2. The van der Waals surface area contributed by atoms with Crippen molar-refractivity contribution in [2.75, 3.05) is 5.32 Å². The molecule has 1 aromatic heterocycles. The summed E-state index contributed by atoms with van der Waals surface area (Å²) in [7, 11) is 0. The number of anilines is 1. The van der Waals surface area contributed by atoms with Crippen LogP contribution >= 0.6 is 11.3 Å². The number of fused-ring (bicyclic) bond motifs is 2. The number of nitrogens with two attached hydrogens (primary N) is 1. The number of hydrogen-bond acceptors (Lipinski definition) is 4. The molecule has 92 valence electrons. The highest BCUT2D eigenvalue weighted by atomic mass is 32.1. The van der Waals surface area contributed by atoms with Crippen molar-refractivity contribution < 1.29 is 4.79 Å². The van der Waals surface area contributed by atoms with E-state index in [9.17, 15) is 4.79 Å². The summed E-state index contributed by atoms with van der Waals surface area (Å²) in [5.74, 6) is 1.13. The van der Waals surface area contributed by atoms with Gasteiger partial charge in [-0.15, -0.1) is 11.3 Å². The highest BCUT2D eigenvalue weighted by molar-refractivity contribution is 7.13. The van der Waals surface area contributed by atoms with E-state index in [4.69, 9.17) is 5.73 Å². The van der Waals surface area contributed by atoms with Crippen LogP contribution in [0, 0.1) is 24.7 Å². The highest BCUT2D eigenvalue weighted by Crippen LogP contribution is 2.47. The lowest BCUT2D eigenvalue weighted by Gasteiger charge is -2.26. The molecule has 0 saturated heterocycles. The summed E-state index contributed by atoms with van der Waals surface area (Å²) >= 11 is 1.47. The Morgan fingerprint density at radius 2 is 2.29 bits per heavy atom. The lowest BCUT2D eigenvalue weighted by molar-refractivity contribution is -0.121. The van der Waals surface area contributed by atoms with Gasteiger partial charge in [0, 0.05) is 11.4 Å². The molecule has 3 rings (SSSR count). The van der Waals surface area contributed by atoms with E-state index in [-0.39, 0.29) is 17.9 Å². The number of aromatic nitrogens is 1. The SMILES string of the molecule is Cc1csc(NC(=O)C2C3CCC(C3)C2N)n1. The summed E-state index contributed by atoms with van der Waals surface area (Å²) in [5, 5.41) is 5.55. The Morgan fingerprint density at radius 3 is 2.88 bits per heavy atom. The van der Waals surface area contributed by atoms with E-state index in [0.717, 1.165) is 18.5 Å². The minimum absolute atomic E-state index is 0.00189. The molecule has 0 radical (unpaired) electrons. The fourth-order valence-electron chi connectivity index (χ4n) is 3.32. The van der Waals surface area contributed by atoms with E-state index in [1.54, 1.807) is 0 Å². The quantitative estimate of drug-likeness (QED) is 0.841. The standard InChI is InChI=1S/C12H17N3OS/c1-6-5-17-12(14-6)15-11(16)9-7-2-3-8(4-7)10(9)13/h5,7-10H,2-4,13H2,1H3,(H,14,15,16). The molecular formula is C12H17N3OS. The Kier molecular flexibility index (Phi) is 2.67. The first-order valence-electron chi connectivity index (χ1n) is 6.13. The predicted molar refractivity (Wildman–Crippen MR) is 67.8 cm³/mol. The zero-order chi connectivity index (χ0) is 12.0. The van der Waals surface area contributed by atoms with Gasteiger partial charge in [0.15, 0.2) is 5.13 Å². The van der Waals surface area contributed by atoms with Crippen molar-refractivity contribution in [2.24, 2.45) is 23.5 Å². The van der Waals surface area contributed by atoms with Crippen molar-refractivity contribution in [1.29, 1.82) is 0 Å². The summed E-state index contributed by atoms with van der Waals surface area (Å²) in [5.41, 5.74) is 7.09. The number of nitrogens with one attached hydrogen (secondary N) is 1. The van der Waals surface area contributed by atoms with Gasteiger partial charge in [-0.1, -0.05) is 0 Å². The van der Waals surface area contributed by atoms with Crippen molar-refractivity contribution in [2.45, 2.75) is 32.2 Å². The fourth-order valence-corrected chi connectivity index (χ4v) is 4.02. The predicted octanol–water partition coefficient (Wildman–Crippen LogP) is 1.76. The number of amides is 1. The molecule has 2 aliphatic rings. The largest absolute Gasteiger partial charge is 0.327 e. The van der Waals surface area contributed by atoms with Gasteiger partial charge in [-0.2, -0.15) is 0 Å². The second kappa shape index (κ2) is 4.07. The third-order valence-electron chi connectivity index (χ3n) is 4.13. The lowest BCUT2D eigenvalue weighted by atomic mass is 9.84. The molecule has 2 fully saturated rings. The van der Waals surface area contributed by atoms with Gasteiger partial charge in [0.2, 0.25) is 5.91 Å². The van der Waals surface area contributed by atoms with Crippen molar-refractivity contribution in [3.8, 4) is 0 Å². The van der Waals surface area contributed by atoms with Crippen LogP contribution in [0.4, 0.5) is 5.13 Å².